The van der Waals surface area contributed by atoms with Gasteiger partial charge < -0.3 is 10.2 Å². The average Bonchev–Trinajstić information content (AvgIpc) is 3.45. The highest BCUT2D eigenvalue weighted by atomic mass is 16.1. The van der Waals surface area contributed by atoms with Crippen LogP contribution in [0.25, 0.3) is 27.8 Å². The number of nitrogens with zero attached hydrogens (tertiary/aromatic N) is 5. The highest BCUT2D eigenvalue weighted by Crippen LogP contribution is 2.33. The Kier molecular flexibility index (Phi) is 7.45. The predicted molar refractivity (Wildman–Crippen MR) is 166 cm³/mol. The summed E-state index contributed by atoms with van der Waals surface area (Å²) in [7, 11) is 0. The Morgan fingerprint density at radius 3 is 2.36 bits per heavy atom. The zero-order valence-corrected chi connectivity index (χ0v) is 24.0. The van der Waals surface area contributed by atoms with Crippen LogP contribution in [0.5, 0.6) is 0 Å². The van der Waals surface area contributed by atoms with Crippen LogP contribution in [0.2, 0.25) is 0 Å². The second-order valence-electron chi connectivity index (χ2n) is 11.3. The van der Waals surface area contributed by atoms with Gasteiger partial charge in [-0.2, -0.15) is 10.4 Å². The van der Waals surface area contributed by atoms with Gasteiger partial charge in [-0.25, -0.2) is 9.50 Å². The van der Waals surface area contributed by atoms with E-state index in [4.69, 9.17) is 4.98 Å². The zero-order valence-electron chi connectivity index (χ0n) is 24.0. The quantitative estimate of drug-likeness (QED) is 0.258. The maximum absolute atomic E-state index is 12.7. The molecule has 6 rings (SSSR count). The molecule has 0 aliphatic carbocycles. The molecule has 0 saturated carbocycles. The van der Waals surface area contributed by atoms with Gasteiger partial charge in [0.25, 0.3) is 0 Å². The number of nitriles is 1. The molecule has 0 spiro atoms. The van der Waals surface area contributed by atoms with Gasteiger partial charge in [-0.15, -0.1) is 0 Å². The smallest absolute Gasteiger partial charge is 0.224 e. The molecule has 0 radical (unpaired) electrons. The van der Waals surface area contributed by atoms with Crippen molar-refractivity contribution in [2.45, 2.75) is 45.1 Å². The van der Waals surface area contributed by atoms with Crippen LogP contribution in [0, 0.1) is 11.3 Å². The Labute approximate surface area is 246 Å². The average molecular weight is 555 g/mol. The summed E-state index contributed by atoms with van der Waals surface area (Å²) in [5, 5.41) is 17.5. The SMILES string of the molecule is CCc1ccc(-c2cc(-c3ccc(N4CCC(C)(NC(=O)Cc5ccccc5)CC4)nc3)c3c(C#N)cnn3c2)cc1. The lowest BCUT2D eigenvalue weighted by Crippen LogP contribution is -2.53. The van der Waals surface area contributed by atoms with Crippen LogP contribution in [0.3, 0.4) is 0 Å². The number of aryl methyl sites for hydroxylation is 1. The van der Waals surface area contributed by atoms with Gasteiger partial charge >= 0.3 is 0 Å². The lowest BCUT2D eigenvalue weighted by atomic mass is 9.89. The molecule has 0 bridgehead atoms. The first-order valence-electron chi connectivity index (χ1n) is 14.5. The topological polar surface area (TPSA) is 86.3 Å². The second kappa shape index (κ2) is 11.5. The fraction of sp³-hybridized carbons (Fsp3) is 0.257. The van der Waals surface area contributed by atoms with Crippen molar-refractivity contribution in [1.29, 1.82) is 5.26 Å². The molecule has 1 amide bonds. The normalized spacial score (nSPS) is 14.5. The van der Waals surface area contributed by atoms with E-state index in [2.05, 4.69) is 71.6 Å². The minimum absolute atomic E-state index is 0.0612. The Morgan fingerprint density at radius 1 is 0.952 bits per heavy atom. The van der Waals surface area contributed by atoms with Crippen molar-refractivity contribution in [3.63, 3.8) is 0 Å². The molecule has 1 fully saturated rings. The van der Waals surface area contributed by atoms with E-state index in [1.165, 1.54) is 5.56 Å². The predicted octanol–water partition coefficient (Wildman–Crippen LogP) is 6.22. The number of amides is 1. The molecule has 4 heterocycles. The van der Waals surface area contributed by atoms with Gasteiger partial charge in [-0.05, 0) is 61.1 Å². The maximum atomic E-state index is 12.7. The first-order chi connectivity index (χ1) is 20.4. The molecule has 1 aliphatic heterocycles. The van der Waals surface area contributed by atoms with Gasteiger partial charge in [0.15, 0.2) is 0 Å². The summed E-state index contributed by atoms with van der Waals surface area (Å²) in [6.45, 7) is 5.90. The van der Waals surface area contributed by atoms with Gasteiger partial charge in [-0.1, -0.05) is 61.5 Å². The second-order valence-corrected chi connectivity index (χ2v) is 11.3. The summed E-state index contributed by atoms with van der Waals surface area (Å²) in [6.07, 6.45) is 8.56. The monoisotopic (exact) mass is 554 g/mol. The molecular formula is C35H34N6O. The van der Waals surface area contributed by atoms with Crippen molar-refractivity contribution in [1.82, 2.24) is 19.9 Å². The molecule has 2 aromatic carbocycles. The zero-order chi connectivity index (χ0) is 29.1. The third-order valence-corrected chi connectivity index (χ3v) is 8.33. The number of piperidine rings is 1. The molecular weight excluding hydrogens is 520 g/mol. The summed E-state index contributed by atoms with van der Waals surface area (Å²) in [5.74, 6) is 0.971. The van der Waals surface area contributed by atoms with Crippen molar-refractivity contribution < 1.29 is 4.79 Å². The number of nitrogens with one attached hydrogen (secondary N) is 1. The van der Waals surface area contributed by atoms with E-state index >= 15 is 0 Å². The summed E-state index contributed by atoms with van der Waals surface area (Å²) in [5.41, 5.74) is 7.37. The van der Waals surface area contributed by atoms with Gasteiger partial charge in [0.1, 0.15) is 11.9 Å². The number of benzene rings is 2. The van der Waals surface area contributed by atoms with E-state index in [0.717, 1.165) is 71.5 Å². The molecule has 210 valence electrons. The molecule has 1 N–H and O–H groups in total. The Morgan fingerprint density at radius 2 is 1.69 bits per heavy atom. The number of carbonyl (C=O) groups excluding carboxylic acids is 1. The molecule has 7 heteroatoms. The van der Waals surface area contributed by atoms with Crippen LogP contribution in [0.1, 0.15) is 43.4 Å². The maximum Gasteiger partial charge on any atom is 0.224 e. The van der Waals surface area contributed by atoms with Crippen LogP contribution in [0.15, 0.2) is 91.4 Å². The van der Waals surface area contributed by atoms with Gasteiger partial charge in [0, 0.05) is 47.7 Å². The summed E-state index contributed by atoms with van der Waals surface area (Å²) in [6, 6.07) is 27.0. The highest BCUT2D eigenvalue weighted by Gasteiger charge is 2.32. The molecule has 0 atom stereocenters. The minimum atomic E-state index is -0.237. The van der Waals surface area contributed by atoms with Crippen LogP contribution in [0.4, 0.5) is 5.82 Å². The van der Waals surface area contributed by atoms with Crippen LogP contribution in [-0.2, 0) is 17.6 Å². The van der Waals surface area contributed by atoms with E-state index in [1.54, 1.807) is 10.7 Å². The molecule has 1 saturated heterocycles. The number of anilines is 1. The van der Waals surface area contributed by atoms with E-state index < -0.39 is 0 Å². The first-order valence-corrected chi connectivity index (χ1v) is 14.5. The van der Waals surface area contributed by atoms with Gasteiger partial charge in [0.05, 0.1) is 23.7 Å². The minimum Gasteiger partial charge on any atom is -0.356 e. The molecule has 5 aromatic rings. The fourth-order valence-corrected chi connectivity index (χ4v) is 5.76. The van der Waals surface area contributed by atoms with Gasteiger partial charge in [-0.3, -0.25) is 4.79 Å². The molecule has 1 aliphatic rings. The van der Waals surface area contributed by atoms with Crippen molar-refractivity contribution in [2.24, 2.45) is 0 Å². The number of hydrogen-bond acceptors (Lipinski definition) is 5. The van der Waals surface area contributed by atoms with Gasteiger partial charge in [0.2, 0.25) is 5.91 Å². The van der Waals surface area contributed by atoms with Crippen molar-refractivity contribution >= 4 is 17.2 Å². The number of carbonyl (C=O) groups is 1. The third-order valence-electron chi connectivity index (χ3n) is 8.33. The standard InChI is InChI=1S/C35H34N6O/c1-3-25-9-11-27(12-10-25)29-20-31(34-30(21-36)23-38-41(34)24-29)28-13-14-32(37-22-28)40-17-15-35(2,16-18-40)39-33(42)19-26-7-5-4-6-8-26/h4-14,20,22-24H,3,15-19H2,1-2H3,(H,39,42). The lowest BCUT2D eigenvalue weighted by molar-refractivity contribution is -0.122. The number of fused-ring (bicyclic) bond motifs is 1. The molecule has 3 aromatic heterocycles. The van der Waals surface area contributed by atoms with Crippen molar-refractivity contribution in [3.05, 3.63) is 108 Å². The van der Waals surface area contributed by atoms with E-state index in [-0.39, 0.29) is 11.4 Å². The summed E-state index contributed by atoms with van der Waals surface area (Å²) in [4.78, 5) is 19.8. The summed E-state index contributed by atoms with van der Waals surface area (Å²) >= 11 is 0. The third kappa shape index (κ3) is 5.61. The molecule has 7 nitrogen and oxygen atoms in total. The number of hydrogen-bond donors (Lipinski definition) is 1. The van der Waals surface area contributed by atoms with Crippen LogP contribution in [-0.4, -0.2) is 39.1 Å². The van der Waals surface area contributed by atoms with Crippen molar-refractivity contribution in [3.8, 4) is 28.3 Å². The van der Waals surface area contributed by atoms with Crippen molar-refractivity contribution in [2.75, 3.05) is 18.0 Å². The van der Waals surface area contributed by atoms with E-state index in [0.29, 0.717) is 12.0 Å². The first kappa shape index (κ1) is 27.2. The van der Waals surface area contributed by atoms with Crippen LogP contribution >= 0.6 is 0 Å². The number of rotatable bonds is 7. The molecule has 0 unspecified atom stereocenters. The van der Waals surface area contributed by atoms with Crippen LogP contribution < -0.4 is 10.2 Å². The number of pyridine rings is 2. The lowest BCUT2D eigenvalue weighted by Gasteiger charge is -2.40. The highest BCUT2D eigenvalue weighted by molar-refractivity contribution is 5.87. The molecule has 42 heavy (non-hydrogen) atoms. The van der Waals surface area contributed by atoms with E-state index in [9.17, 15) is 10.1 Å². The Bertz CT molecular complexity index is 1740. The Balaban J connectivity index is 1.19. The summed E-state index contributed by atoms with van der Waals surface area (Å²) < 4.78 is 1.79. The fourth-order valence-electron chi connectivity index (χ4n) is 5.76. The Hall–Kier alpha value is -4.96. The largest absolute Gasteiger partial charge is 0.356 e. The number of aromatic nitrogens is 3. The van der Waals surface area contributed by atoms with E-state index in [1.807, 2.05) is 48.8 Å².